The summed E-state index contributed by atoms with van der Waals surface area (Å²) in [6.07, 6.45) is 0.000828. The van der Waals surface area contributed by atoms with Crippen molar-refractivity contribution in [3.05, 3.63) is 78.1 Å². The number of nitrogens with zero attached hydrogens (tertiary/aromatic N) is 1. The van der Waals surface area contributed by atoms with Gasteiger partial charge in [-0.1, -0.05) is 12.1 Å². The lowest BCUT2D eigenvalue weighted by molar-refractivity contribution is -0.119. The molecule has 0 aliphatic carbocycles. The molecule has 0 aromatic heterocycles. The van der Waals surface area contributed by atoms with Crippen molar-refractivity contribution in [2.75, 3.05) is 25.1 Å². The van der Waals surface area contributed by atoms with E-state index in [1.165, 1.54) is 44.6 Å². The average molecular weight is 517 g/mol. The van der Waals surface area contributed by atoms with Crippen molar-refractivity contribution in [3.63, 3.8) is 0 Å². The third-order valence-electron chi connectivity index (χ3n) is 5.10. The van der Waals surface area contributed by atoms with Gasteiger partial charge in [0.1, 0.15) is 18.1 Å². The number of halogens is 1. The first kappa shape index (κ1) is 26.8. The number of sulfonamides is 1. The third-order valence-corrected chi connectivity index (χ3v) is 6.87. The number of ether oxygens (including phenoxy) is 3. The van der Waals surface area contributed by atoms with E-state index < -0.39 is 28.3 Å². The van der Waals surface area contributed by atoms with E-state index >= 15 is 0 Å². The number of hydrogen-bond acceptors (Lipinski definition) is 6. The van der Waals surface area contributed by atoms with Crippen LogP contribution in [-0.4, -0.2) is 41.2 Å². The first-order chi connectivity index (χ1) is 17.1. The Kier molecular flexibility index (Phi) is 8.76. The van der Waals surface area contributed by atoms with Crippen LogP contribution < -0.4 is 23.8 Å². The molecule has 192 valence electrons. The fourth-order valence-electron chi connectivity index (χ4n) is 3.41. The maximum absolute atomic E-state index is 13.6. The minimum Gasteiger partial charge on any atom is -0.493 e. The van der Waals surface area contributed by atoms with E-state index in [0.29, 0.717) is 11.5 Å². The van der Waals surface area contributed by atoms with Crippen molar-refractivity contribution in [1.82, 2.24) is 5.32 Å². The van der Waals surface area contributed by atoms with Gasteiger partial charge in [0.2, 0.25) is 5.91 Å². The second kappa shape index (κ2) is 11.8. The highest BCUT2D eigenvalue weighted by molar-refractivity contribution is 7.92. The minimum absolute atomic E-state index is 0.000828. The Bertz CT molecular complexity index is 1300. The van der Waals surface area contributed by atoms with Gasteiger partial charge in [-0.3, -0.25) is 9.10 Å². The predicted molar refractivity (Wildman–Crippen MR) is 135 cm³/mol. The number of rotatable bonds is 11. The van der Waals surface area contributed by atoms with E-state index in [4.69, 9.17) is 14.2 Å². The highest BCUT2D eigenvalue weighted by Crippen LogP contribution is 2.32. The Balaban J connectivity index is 1.85. The Morgan fingerprint density at radius 1 is 0.972 bits per heavy atom. The maximum atomic E-state index is 13.6. The summed E-state index contributed by atoms with van der Waals surface area (Å²) in [5.74, 6) is 0.159. The summed E-state index contributed by atoms with van der Waals surface area (Å²) in [5, 5.41) is 2.74. The minimum atomic E-state index is -4.23. The fraction of sp³-hybridized carbons (Fsp3) is 0.269. The first-order valence-electron chi connectivity index (χ1n) is 11.2. The molecule has 0 fully saturated rings. The number of nitrogens with one attached hydrogen (secondary N) is 1. The number of amides is 1. The molecule has 0 atom stereocenters. The van der Waals surface area contributed by atoms with Gasteiger partial charge in [0, 0.05) is 12.6 Å². The van der Waals surface area contributed by atoms with Crippen LogP contribution >= 0.6 is 0 Å². The Hall–Kier alpha value is -3.79. The van der Waals surface area contributed by atoms with Crippen LogP contribution in [0.15, 0.2) is 71.6 Å². The zero-order valence-corrected chi connectivity index (χ0v) is 21.3. The molecule has 10 heteroatoms. The second-order valence-corrected chi connectivity index (χ2v) is 9.96. The van der Waals surface area contributed by atoms with Crippen LogP contribution in [0.5, 0.6) is 17.2 Å². The molecule has 1 amide bonds. The topological polar surface area (TPSA) is 94.2 Å². The van der Waals surface area contributed by atoms with Crippen LogP contribution in [0.3, 0.4) is 0 Å². The first-order valence-corrected chi connectivity index (χ1v) is 12.6. The maximum Gasteiger partial charge on any atom is 0.264 e. The molecule has 0 heterocycles. The lowest BCUT2D eigenvalue weighted by atomic mass is 10.2. The molecule has 3 aromatic rings. The lowest BCUT2D eigenvalue weighted by Gasteiger charge is -2.24. The molecule has 1 N–H and O–H groups in total. The highest BCUT2D eigenvalue weighted by Gasteiger charge is 2.28. The van der Waals surface area contributed by atoms with Crippen molar-refractivity contribution in [2.45, 2.75) is 31.4 Å². The summed E-state index contributed by atoms with van der Waals surface area (Å²) in [7, 11) is -1.40. The Morgan fingerprint density at radius 3 is 2.31 bits per heavy atom. The fourth-order valence-corrected chi connectivity index (χ4v) is 4.85. The standard InChI is InChI=1S/C26H29FN2O6S/c1-18(2)35-22-7-5-6-19(14-22)16-28-26(30)17-29(21-10-8-20(27)9-11-21)36(31,32)23-12-13-24(33-3)25(15-23)34-4/h5-15,18H,16-17H2,1-4H3,(H,28,30). The summed E-state index contributed by atoms with van der Waals surface area (Å²) >= 11 is 0. The van der Waals surface area contributed by atoms with E-state index in [1.807, 2.05) is 32.0 Å². The number of methoxy groups -OCH3 is 2. The van der Waals surface area contributed by atoms with Crippen LogP contribution in [0.25, 0.3) is 0 Å². The summed E-state index contributed by atoms with van der Waals surface area (Å²) in [6.45, 7) is 3.47. The monoisotopic (exact) mass is 516 g/mol. The van der Waals surface area contributed by atoms with E-state index in [1.54, 1.807) is 6.07 Å². The van der Waals surface area contributed by atoms with Gasteiger partial charge in [-0.15, -0.1) is 0 Å². The molecule has 0 saturated heterocycles. The molecular weight excluding hydrogens is 487 g/mol. The van der Waals surface area contributed by atoms with Gasteiger partial charge >= 0.3 is 0 Å². The van der Waals surface area contributed by atoms with Gasteiger partial charge in [-0.2, -0.15) is 0 Å². The molecule has 36 heavy (non-hydrogen) atoms. The van der Waals surface area contributed by atoms with Crippen LogP contribution in [-0.2, 0) is 21.4 Å². The molecule has 3 rings (SSSR count). The van der Waals surface area contributed by atoms with E-state index in [-0.39, 0.29) is 29.0 Å². The molecular formula is C26H29FN2O6S. The predicted octanol–water partition coefficient (Wildman–Crippen LogP) is 4.14. The number of hydrogen-bond donors (Lipinski definition) is 1. The molecule has 0 unspecified atom stereocenters. The van der Waals surface area contributed by atoms with Gasteiger partial charge in [0.05, 0.1) is 30.9 Å². The normalized spacial score (nSPS) is 11.2. The summed E-state index contributed by atoms with van der Waals surface area (Å²) in [4.78, 5) is 12.7. The zero-order chi connectivity index (χ0) is 26.3. The molecule has 0 bridgehead atoms. The lowest BCUT2D eigenvalue weighted by Crippen LogP contribution is -2.40. The van der Waals surface area contributed by atoms with Gasteiger partial charge in [0.25, 0.3) is 10.0 Å². The number of carbonyl (C=O) groups is 1. The second-order valence-electron chi connectivity index (χ2n) is 8.10. The third kappa shape index (κ3) is 6.66. The van der Waals surface area contributed by atoms with Gasteiger partial charge in [-0.05, 0) is 67.9 Å². The summed E-state index contributed by atoms with van der Waals surface area (Å²) in [6, 6.07) is 16.2. The molecule has 8 nitrogen and oxygen atoms in total. The van der Waals surface area contributed by atoms with Crippen LogP contribution in [0, 0.1) is 5.82 Å². The molecule has 0 radical (unpaired) electrons. The molecule has 0 spiro atoms. The molecule has 0 aliphatic heterocycles. The molecule has 3 aromatic carbocycles. The number of carbonyl (C=O) groups excluding carboxylic acids is 1. The van der Waals surface area contributed by atoms with Crippen molar-refractivity contribution >= 4 is 21.6 Å². The van der Waals surface area contributed by atoms with E-state index in [9.17, 15) is 17.6 Å². The zero-order valence-electron chi connectivity index (χ0n) is 20.5. The SMILES string of the molecule is COc1ccc(S(=O)(=O)N(CC(=O)NCc2cccc(OC(C)C)c2)c2ccc(F)cc2)cc1OC. The Labute approximate surface area is 210 Å². The van der Waals surface area contributed by atoms with Crippen LogP contribution in [0.2, 0.25) is 0 Å². The van der Waals surface area contributed by atoms with Crippen molar-refractivity contribution in [1.29, 1.82) is 0 Å². The average Bonchev–Trinajstić information content (AvgIpc) is 2.86. The molecule has 0 saturated carbocycles. The van der Waals surface area contributed by atoms with Gasteiger partial charge in [0.15, 0.2) is 11.5 Å². The van der Waals surface area contributed by atoms with Crippen molar-refractivity contribution in [3.8, 4) is 17.2 Å². The van der Waals surface area contributed by atoms with Crippen molar-refractivity contribution < 1.29 is 31.8 Å². The number of anilines is 1. The van der Waals surface area contributed by atoms with Gasteiger partial charge < -0.3 is 19.5 Å². The van der Waals surface area contributed by atoms with Gasteiger partial charge in [-0.25, -0.2) is 12.8 Å². The Morgan fingerprint density at radius 2 is 1.67 bits per heavy atom. The summed E-state index contributed by atoms with van der Waals surface area (Å²) in [5.41, 5.74) is 0.922. The van der Waals surface area contributed by atoms with Crippen molar-refractivity contribution in [2.24, 2.45) is 0 Å². The van der Waals surface area contributed by atoms with Crippen LogP contribution in [0.4, 0.5) is 10.1 Å². The number of benzene rings is 3. The molecule has 0 aliphatic rings. The van der Waals surface area contributed by atoms with Crippen LogP contribution in [0.1, 0.15) is 19.4 Å². The quantitative estimate of drug-likeness (QED) is 0.412. The largest absolute Gasteiger partial charge is 0.493 e. The van der Waals surface area contributed by atoms with E-state index in [0.717, 1.165) is 22.0 Å². The smallest absolute Gasteiger partial charge is 0.264 e. The highest BCUT2D eigenvalue weighted by atomic mass is 32.2. The van der Waals surface area contributed by atoms with E-state index in [2.05, 4.69) is 5.32 Å². The summed E-state index contributed by atoms with van der Waals surface area (Å²) < 4.78 is 57.7.